The molecule has 1 aromatic heterocycles. The number of ether oxygens (including phenoxy) is 1. The average Bonchev–Trinajstić information content (AvgIpc) is 2.85. The lowest BCUT2D eigenvalue weighted by Gasteiger charge is -2.14. The molecule has 2 aromatic rings. The Morgan fingerprint density at radius 1 is 0.886 bits per heavy atom. The van der Waals surface area contributed by atoms with E-state index in [1.807, 2.05) is 13.0 Å². The van der Waals surface area contributed by atoms with Crippen molar-refractivity contribution in [3.63, 3.8) is 0 Å². The number of carbonyl (C=O) groups is 2. The van der Waals surface area contributed by atoms with Crippen LogP contribution in [0.4, 0.5) is 0 Å². The third-order valence-corrected chi connectivity index (χ3v) is 6.06. The van der Waals surface area contributed by atoms with E-state index >= 15 is 0 Å². The maximum atomic E-state index is 11.6. The summed E-state index contributed by atoms with van der Waals surface area (Å²) in [4.78, 5) is 27.4. The quantitative estimate of drug-likeness (QED) is 0.180. The first-order chi connectivity index (χ1) is 17.0. The van der Waals surface area contributed by atoms with E-state index in [2.05, 4.69) is 11.9 Å². The molecule has 0 bridgehead atoms. The van der Waals surface area contributed by atoms with E-state index in [4.69, 9.17) is 9.84 Å². The van der Waals surface area contributed by atoms with Crippen LogP contribution in [0.2, 0.25) is 0 Å². The van der Waals surface area contributed by atoms with Crippen LogP contribution in [0.5, 0.6) is 5.75 Å². The number of pyridine rings is 1. The van der Waals surface area contributed by atoms with Crippen LogP contribution >= 0.6 is 0 Å². The second-order valence-corrected chi connectivity index (χ2v) is 8.77. The topological polar surface area (TPSA) is 96.7 Å². The molecular formula is C29H39NO5. The SMILES string of the molecule is CCCCCCCCCCCCOc1ccc(-c2cccc(C(=O)O)c2CC)nc1C=CC(=O)O. The summed E-state index contributed by atoms with van der Waals surface area (Å²) in [5.74, 6) is -1.53. The summed E-state index contributed by atoms with van der Waals surface area (Å²) in [6.45, 7) is 4.68. The molecular weight excluding hydrogens is 442 g/mol. The number of hydrogen-bond donors (Lipinski definition) is 2. The highest BCUT2D eigenvalue weighted by Gasteiger charge is 2.16. The third kappa shape index (κ3) is 9.55. The van der Waals surface area contributed by atoms with E-state index in [9.17, 15) is 14.7 Å². The lowest BCUT2D eigenvalue weighted by Crippen LogP contribution is -2.05. The molecule has 0 amide bonds. The number of rotatable bonds is 17. The fraction of sp³-hybridized carbons (Fsp3) is 0.483. The number of nitrogens with zero attached hydrogens (tertiary/aromatic N) is 1. The molecule has 0 saturated carbocycles. The molecule has 0 spiro atoms. The van der Waals surface area contributed by atoms with Crippen molar-refractivity contribution in [1.29, 1.82) is 0 Å². The Hall–Kier alpha value is -3.15. The number of hydrogen-bond acceptors (Lipinski definition) is 4. The molecule has 190 valence electrons. The molecule has 0 aliphatic rings. The molecule has 0 atom stereocenters. The maximum Gasteiger partial charge on any atom is 0.335 e. The molecule has 0 aliphatic carbocycles. The predicted octanol–water partition coefficient (Wildman–Crippen LogP) is 7.41. The molecule has 0 radical (unpaired) electrons. The Labute approximate surface area is 209 Å². The second kappa shape index (κ2) is 15.7. The van der Waals surface area contributed by atoms with Gasteiger partial charge >= 0.3 is 11.9 Å². The zero-order chi connectivity index (χ0) is 25.5. The highest BCUT2D eigenvalue weighted by atomic mass is 16.5. The second-order valence-electron chi connectivity index (χ2n) is 8.77. The van der Waals surface area contributed by atoms with E-state index in [1.165, 1.54) is 57.4 Å². The molecule has 6 nitrogen and oxygen atoms in total. The monoisotopic (exact) mass is 481 g/mol. The van der Waals surface area contributed by atoms with Gasteiger partial charge in [-0.1, -0.05) is 83.8 Å². The highest BCUT2D eigenvalue weighted by Crippen LogP contribution is 2.29. The fourth-order valence-electron chi connectivity index (χ4n) is 4.18. The Kier molecular flexibility index (Phi) is 12.6. The minimum absolute atomic E-state index is 0.246. The first-order valence-electron chi connectivity index (χ1n) is 12.9. The summed E-state index contributed by atoms with van der Waals surface area (Å²) < 4.78 is 5.95. The third-order valence-electron chi connectivity index (χ3n) is 6.06. The van der Waals surface area contributed by atoms with Crippen molar-refractivity contribution in [2.75, 3.05) is 6.61 Å². The van der Waals surface area contributed by atoms with Crippen molar-refractivity contribution in [2.24, 2.45) is 0 Å². The zero-order valence-electron chi connectivity index (χ0n) is 21.1. The van der Waals surface area contributed by atoms with Gasteiger partial charge in [-0.15, -0.1) is 0 Å². The Morgan fingerprint density at radius 2 is 1.54 bits per heavy atom. The number of carboxylic acids is 2. The fourth-order valence-corrected chi connectivity index (χ4v) is 4.18. The number of aromatic nitrogens is 1. The molecule has 0 aliphatic heterocycles. The van der Waals surface area contributed by atoms with Crippen LogP contribution in [0.25, 0.3) is 17.3 Å². The van der Waals surface area contributed by atoms with Crippen molar-refractivity contribution in [2.45, 2.75) is 84.5 Å². The molecule has 1 heterocycles. The number of carboxylic acid groups (broad SMARTS) is 2. The van der Waals surface area contributed by atoms with Crippen LogP contribution in [-0.2, 0) is 11.2 Å². The van der Waals surface area contributed by atoms with Crippen molar-refractivity contribution in [3.8, 4) is 17.0 Å². The predicted molar refractivity (Wildman–Crippen MR) is 140 cm³/mol. The van der Waals surface area contributed by atoms with Crippen LogP contribution in [0.1, 0.15) is 99.7 Å². The summed E-state index contributed by atoms with van der Waals surface area (Å²) in [6.07, 6.45) is 15.4. The van der Waals surface area contributed by atoms with Gasteiger partial charge in [0.1, 0.15) is 11.4 Å². The van der Waals surface area contributed by atoms with E-state index in [0.29, 0.717) is 35.7 Å². The van der Waals surface area contributed by atoms with E-state index in [1.54, 1.807) is 24.3 Å². The first-order valence-corrected chi connectivity index (χ1v) is 12.9. The van der Waals surface area contributed by atoms with Gasteiger partial charge < -0.3 is 14.9 Å². The van der Waals surface area contributed by atoms with Crippen LogP contribution in [-0.4, -0.2) is 33.7 Å². The van der Waals surface area contributed by atoms with Gasteiger partial charge in [0.2, 0.25) is 0 Å². The van der Waals surface area contributed by atoms with Gasteiger partial charge in [0.05, 0.1) is 17.9 Å². The first kappa shape index (κ1) is 28.1. The van der Waals surface area contributed by atoms with Gasteiger partial charge in [-0.05, 0) is 42.7 Å². The minimum atomic E-state index is -1.07. The molecule has 0 unspecified atom stereocenters. The van der Waals surface area contributed by atoms with Gasteiger partial charge in [-0.2, -0.15) is 0 Å². The molecule has 0 saturated heterocycles. The summed E-state index contributed by atoms with van der Waals surface area (Å²) >= 11 is 0. The van der Waals surface area contributed by atoms with Crippen molar-refractivity contribution < 1.29 is 24.5 Å². The Morgan fingerprint density at radius 3 is 2.14 bits per heavy atom. The summed E-state index contributed by atoms with van der Waals surface area (Å²) in [6, 6.07) is 8.70. The summed E-state index contributed by atoms with van der Waals surface area (Å²) in [5, 5.41) is 18.6. The summed E-state index contributed by atoms with van der Waals surface area (Å²) in [7, 11) is 0. The number of aliphatic carboxylic acids is 1. The number of aromatic carboxylic acids is 1. The Bertz CT molecular complexity index is 983. The maximum absolute atomic E-state index is 11.6. The van der Waals surface area contributed by atoms with Gasteiger partial charge in [0.25, 0.3) is 0 Å². The van der Waals surface area contributed by atoms with Crippen molar-refractivity contribution >= 4 is 18.0 Å². The number of benzene rings is 1. The van der Waals surface area contributed by atoms with Gasteiger partial charge in [-0.25, -0.2) is 14.6 Å². The lowest BCUT2D eigenvalue weighted by atomic mass is 9.96. The smallest absolute Gasteiger partial charge is 0.335 e. The molecule has 1 aromatic carbocycles. The molecule has 35 heavy (non-hydrogen) atoms. The number of unbranched alkanes of at least 4 members (excludes halogenated alkanes) is 9. The van der Waals surface area contributed by atoms with Crippen LogP contribution in [0, 0.1) is 0 Å². The highest BCUT2D eigenvalue weighted by molar-refractivity contribution is 5.92. The standard InChI is InChI=1S/C29H39NO5/c1-3-5-6-7-8-9-10-11-12-13-21-35-27-19-17-25(30-26(27)18-20-28(31)32)23-15-14-16-24(29(33)34)22(23)4-2/h14-20H,3-13,21H2,1-2H3,(H,31,32)(H,33,34). The summed E-state index contributed by atoms with van der Waals surface area (Å²) in [5.41, 5.74) is 2.66. The van der Waals surface area contributed by atoms with E-state index < -0.39 is 11.9 Å². The largest absolute Gasteiger partial charge is 0.491 e. The molecule has 6 heteroatoms. The van der Waals surface area contributed by atoms with Crippen LogP contribution < -0.4 is 4.74 Å². The van der Waals surface area contributed by atoms with Gasteiger partial charge in [0.15, 0.2) is 0 Å². The van der Waals surface area contributed by atoms with Crippen LogP contribution in [0.15, 0.2) is 36.4 Å². The normalized spacial score (nSPS) is 11.1. The van der Waals surface area contributed by atoms with Crippen molar-refractivity contribution in [1.82, 2.24) is 4.98 Å². The minimum Gasteiger partial charge on any atom is -0.491 e. The van der Waals surface area contributed by atoms with Crippen molar-refractivity contribution in [3.05, 3.63) is 53.2 Å². The van der Waals surface area contributed by atoms with Gasteiger partial charge in [-0.3, -0.25) is 0 Å². The molecule has 2 rings (SSSR count). The zero-order valence-corrected chi connectivity index (χ0v) is 21.1. The van der Waals surface area contributed by atoms with E-state index in [0.717, 1.165) is 24.5 Å². The van der Waals surface area contributed by atoms with Gasteiger partial charge in [0, 0.05) is 11.6 Å². The molecule has 2 N–H and O–H groups in total. The van der Waals surface area contributed by atoms with E-state index in [-0.39, 0.29) is 5.56 Å². The average molecular weight is 482 g/mol. The van der Waals surface area contributed by atoms with Crippen LogP contribution in [0.3, 0.4) is 0 Å². The Balaban J connectivity index is 2.01. The lowest BCUT2D eigenvalue weighted by molar-refractivity contribution is -0.131. The molecule has 0 fully saturated rings.